The average Bonchev–Trinajstić information content (AvgIpc) is 2.46. The van der Waals surface area contributed by atoms with E-state index >= 15 is 0 Å². The lowest BCUT2D eigenvalue weighted by Gasteiger charge is -2.36. The van der Waals surface area contributed by atoms with Crippen LogP contribution in [-0.2, 0) is 9.59 Å². The van der Waals surface area contributed by atoms with E-state index in [9.17, 15) is 9.59 Å². The fraction of sp³-hybridized carbons (Fsp3) is 0.867. The monoisotopic (exact) mass is 281 g/mol. The van der Waals surface area contributed by atoms with Gasteiger partial charge in [0, 0.05) is 45.1 Å². The minimum absolute atomic E-state index is 0.0915. The molecule has 20 heavy (non-hydrogen) atoms. The maximum Gasteiger partial charge on any atom is 0.225 e. The molecule has 5 heteroatoms. The number of nitrogens with two attached hydrogens (primary N) is 1. The van der Waals surface area contributed by atoms with Crippen LogP contribution in [0.1, 0.15) is 38.5 Å². The molecule has 2 aliphatic rings. The van der Waals surface area contributed by atoms with E-state index in [0.29, 0.717) is 0 Å². The number of nitrogens with zero attached hydrogens (tertiary/aromatic N) is 2. The van der Waals surface area contributed by atoms with Crippen molar-refractivity contribution in [1.82, 2.24) is 9.80 Å². The molecule has 0 aromatic heterocycles. The summed E-state index contributed by atoms with van der Waals surface area (Å²) in [5.74, 6) is 0.734. The molecule has 2 fully saturated rings. The standard InChI is InChI=1S/C15H27N3O2/c1-17(2)14(19)12-7-9-18(10-8-12)15(20)11-3-5-13(16)6-4-11/h11-13H,3-10,16H2,1-2H3. The summed E-state index contributed by atoms with van der Waals surface area (Å²) in [6.07, 6.45) is 5.38. The van der Waals surface area contributed by atoms with Gasteiger partial charge in [-0.25, -0.2) is 0 Å². The second-order valence-electron chi connectivity index (χ2n) is 6.44. The van der Waals surface area contributed by atoms with Crippen molar-refractivity contribution in [2.45, 2.75) is 44.6 Å². The van der Waals surface area contributed by atoms with Gasteiger partial charge in [-0.3, -0.25) is 9.59 Å². The molecule has 0 unspecified atom stereocenters. The van der Waals surface area contributed by atoms with Crippen LogP contribution in [0.2, 0.25) is 0 Å². The van der Waals surface area contributed by atoms with Crippen LogP contribution in [-0.4, -0.2) is 54.8 Å². The van der Waals surface area contributed by atoms with Crippen molar-refractivity contribution in [3.8, 4) is 0 Å². The Labute approximate surface area is 121 Å². The van der Waals surface area contributed by atoms with Gasteiger partial charge in [0.25, 0.3) is 0 Å². The van der Waals surface area contributed by atoms with Gasteiger partial charge < -0.3 is 15.5 Å². The van der Waals surface area contributed by atoms with Crippen LogP contribution in [0.15, 0.2) is 0 Å². The first kappa shape index (κ1) is 15.3. The van der Waals surface area contributed by atoms with E-state index in [0.717, 1.165) is 51.6 Å². The number of hydrogen-bond donors (Lipinski definition) is 1. The van der Waals surface area contributed by atoms with E-state index < -0.39 is 0 Å². The second-order valence-corrected chi connectivity index (χ2v) is 6.44. The number of hydrogen-bond acceptors (Lipinski definition) is 3. The van der Waals surface area contributed by atoms with Crippen LogP contribution in [0, 0.1) is 11.8 Å². The third-order valence-electron chi connectivity index (χ3n) is 4.72. The zero-order valence-corrected chi connectivity index (χ0v) is 12.7. The Bertz CT molecular complexity index is 354. The summed E-state index contributed by atoms with van der Waals surface area (Å²) in [6.45, 7) is 1.46. The lowest BCUT2D eigenvalue weighted by Crippen LogP contribution is -2.45. The van der Waals surface area contributed by atoms with Gasteiger partial charge in [0.15, 0.2) is 0 Å². The van der Waals surface area contributed by atoms with Crippen molar-refractivity contribution in [2.75, 3.05) is 27.2 Å². The van der Waals surface area contributed by atoms with Gasteiger partial charge in [0.2, 0.25) is 11.8 Å². The fourth-order valence-corrected chi connectivity index (χ4v) is 3.34. The summed E-state index contributed by atoms with van der Waals surface area (Å²) in [6, 6.07) is 0.280. The Morgan fingerprint density at radius 2 is 1.50 bits per heavy atom. The summed E-state index contributed by atoms with van der Waals surface area (Å²) in [4.78, 5) is 28.0. The molecule has 1 saturated heterocycles. The van der Waals surface area contributed by atoms with Gasteiger partial charge in [-0.05, 0) is 38.5 Å². The van der Waals surface area contributed by atoms with Crippen LogP contribution in [0.5, 0.6) is 0 Å². The highest BCUT2D eigenvalue weighted by Crippen LogP contribution is 2.27. The highest BCUT2D eigenvalue weighted by Gasteiger charge is 2.32. The topological polar surface area (TPSA) is 66.6 Å². The molecule has 1 aliphatic carbocycles. The Kier molecular flexibility index (Phi) is 5.02. The van der Waals surface area contributed by atoms with Crippen molar-refractivity contribution in [3.05, 3.63) is 0 Å². The molecule has 1 saturated carbocycles. The summed E-state index contributed by atoms with van der Waals surface area (Å²) in [5, 5.41) is 0. The predicted octanol–water partition coefficient (Wildman–Crippen LogP) is 0.831. The number of piperidine rings is 1. The number of amides is 2. The number of carbonyl (C=O) groups excluding carboxylic acids is 2. The number of carbonyl (C=O) groups is 2. The lowest BCUT2D eigenvalue weighted by molar-refractivity contribution is -0.142. The zero-order chi connectivity index (χ0) is 14.7. The predicted molar refractivity (Wildman–Crippen MR) is 77.9 cm³/mol. The van der Waals surface area contributed by atoms with Crippen LogP contribution >= 0.6 is 0 Å². The third-order valence-corrected chi connectivity index (χ3v) is 4.72. The molecule has 0 radical (unpaired) electrons. The first-order chi connectivity index (χ1) is 9.49. The van der Waals surface area contributed by atoms with E-state index in [4.69, 9.17) is 5.73 Å². The minimum Gasteiger partial charge on any atom is -0.349 e. The highest BCUT2D eigenvalue weighted by molar-refractivity contribution is 5.81. The Morgan fingerprint density at radius 1 is 0.950 bits per heavy atom. The summed E-state index contributed by atoms with van der Waals surface area (Å²) in [5.41, 5.74) is 5.89. The molecule has 0 aromatic carbocycles. The second kappa shape index (κ2) is 6.57. The van der Waals surface area contributed by atoms with Crippen molar-refractivity contribution < 1.29 is 9.59 Å². The number of likely N-dealkylation sites (tertiary alicyclic amines) is 1. The van der Waals surface area contributed by atoms with Gasteiger partial charge in [-0.2, -0.15) is 0 Å². The first-order valence-electron chi connectivity index (χ1n) is 7.74. The molecular formula is C15H27N3O2. The molecule has 114 valence electrons. The molecule has 1 aliphatic heterocycles. The molecule has 2 amide bonds. The maximum absolute atomic E-state index is 12.5. The third kappa shape index (κ3) is 3.51. The van der Waals surface area contributed by atoms with Crippen LogP contribution < -0.4 is 5.73 Å². The van der Waals surface area contributed by atoms with Gasteiger partial charge in [0.05, 0.1) is 0 Å². The normalized spacial score (nSPS) is 28.2. The molecule has 0 bridgehead atoms. The van der Waals surface area contributed by atoms with Crippen molar-refractivity contribution >= 4 is 11.8 Å². The molecule has 5 nitrogen and oxygen atoms in total. The quantitative estimate of drug-likeness (QED) is 0.815. The van der Waals surface area contributed by atoms with E-state index in [1.807, 2.05) is 4.90 Å². The lowest BCUT2D eigenvalue weighted by atomic mass is 9.85. The largest absolute Gasteiger partial charge is 0.349 e. The molecule has 0 spiro atoms. The van der Waals surface area contributed by atoms with Crippen molar-refractivity contribution in [2.24, 2.45) is 17.6 Å². The van der Waals surface area contributed by atoms with Crippen molar-refractivity contribution in [3.63, 3.8) is 0 Å². The molecule has 0 aromatic rings. The summed E-state index contributed by atoms with van der Waals surface area (Å²) < 4.78 is 0. The fourth-order valence-electron chi connectivity index (χ4n) is 3.34. The molecule has 0 atom stereocenters. The van der Waals surface area contributed by atoms with E-state index in [2.05, 4.69) is 0 Å². The van der Waals surface area contributed by atoms with Crippen molar-refractivity contribution in [1.29, 1.82) is 0 Å². The number of rotatable bonds is 2. The summed E-state index contributed by atoms with van der Waals surface area (Å²) in [7, 11) is 3.59. The van der Waals surface area contributed by atoms with Gasteiger partial charge in [-0.1, -0.05) is 0 Å². The van der Waals surface area contributed by atoms with Crippen LogP contribution in [0.25, 0.3) is 0 Å². The van der Waals surface area contributed by atoms with Gasteiger partial charge in [-0.15, -0.1) is 0 Å². The van der Waals surface area contributed by atoms with Gasteiger partial charge >= 0.3 is 0 Å². The van der Waals surface area contributed by atoms with E-state index in [-0.39, 0.29) is 29.7 Å². The van der Waals surface area contributed by atoms with Crippen LogP contribution in [0.3, 0.4) is 0 Å². The molecule has 2 rings (SSSR count). The Hall–Kier alpha value is -1.10. The molecular weight excluding hydrogens is 254 g/mol. The summed E-state index contributed by atoms with van der Waals surface area (Å²) >= 11 is 0. The highest BCUT2D eigenvalue weighted by atomic mass is 16.2. The van der Waals surface area contributed by atoms with Gasteiger partial charge in [0.1, 0.15) is 0 Å². The zero-order valence-electron chi connectivity index (χ0n) is 12.7. The van der Waals surface area contributed by atoms with Crippen LogP contribution in [0.4, 0.5) is 0 Å². The molecule has 2 N–H and O–H groups in total. The Balaban J connectivity index is 1.81. The van der Waals surface area contributed by atoms with E-state index in [1.165, 1.54) is 0 Å². The SMILES string of the molecule is CN(C)C(=O)C1CCN(C(=O)C2CCC(N)CC2)CC1. The average molecular weight is 281 g/mol. The molecule has 1 heterocycles. The smallest absolute Gasteiger partial charge is 0.225 e. The van der Waals surface area contributed by atoms with E-state index in [1.54, 1.807) is 19.0 Å². The maximum atomic E-state index is 12.5. The first-order valence-corrected chi connectivity index (χ1v) is 7.74. The Morgan fingerprint density at radius 3 is 2.00 bits per heavy atom. The minimum atomic E-state index is 0.0915.